The lowest BCUT2D eigenvalue weighted by atomic mass is 9.53. The SMILES string of the molecule is c1ccc(N2B3c4c(cccc4-c4ccccc4N3c3ccc(-c4cccc5c4oc4ccccc45)cc3)-c3ccccc32)cc1. The first-order valence-corrected chi connectivity index (χ1v) is 15.8. The van der Waals surface area contributed by atoms with Crippen molar-refractivity contribution < 1.29 is 4.42 Å². The van der Waals surface area contributed by atoms with Crippen molar-refractivity contribution in [3.63, 3.8) is 0 Å². The van der Waals surface area contributed by atoms with Crippen LogP contribution in [0.3, 0.4) is 0 Å². The molecule has 2 aliphatic rings. The minimum Gasteiger partial charge on any atom is -0.455 e. The Hall–Kier alpha value is -6.00. The summed E-state index contributed by atoms with van der Waals surface area (Å²) in [7, 11) is 0. The van der Waals surface area contributed by atoms with Crippen molar-refractivity contribution in [1.82, 2.24) is 0 Å². The van der Waals surface area contributed by atoms with Crippen LogP contribution in [0.2, 0.25) is 0 Å². The van der Waals surface area contributed by atoms with Crippen LogP contribution >= 0.6 is 0 Å². The summed E-state index contributed by atoms with van der Waals surface area (Å²) in [5, 5.41) is 2.29. The molecule has 7 aromatic carbocycles. The van der Waals surface area contributed by atoms with Gasteiger partial charge in [0.1, 0.15) is 11.2 Å². The minimum absolute atomic E-state index is 0.0805. The van der Waals surface area contributed by atoms with E-state index in [1.165, 1.54) is 39.1 Å². The predicted octanol–water partition coefficient (Wildman–Crippen LogP) is 10.6. The van der Waals surface area contributed by atoms with Crippen LogP contribution in [0.1, 0.15) is 0 Å². The van der Waals surface area contributed by atoms with Crippen molar-refractivity contribution >= 4 is 57.1 Å². The van der Waals surface area contributed by atoms with Crippen molar-refractivity contribution in [1.29, 1.82) is 0 Å². The molecule has 0 amide bonds. The van der Waals surface area contributed by atoms with Gasteiger partial charge < -0.3 is 14.0 Å². The molecule has 0 aliphatic carbocycles. The third-order valence-corrected chi connectivity index (χ3v) is 9.66. The lowest BCUT2D eigenvalue weighted by Gasteiger charge is -2.47. The van der Waals surface area contributed by atoms with Gasteiger partial charge in [-0.05, 0) is 64.6 Å². The van der Waals surface area contributed by atoms with Gasteiger partial charge in [-0.25, -0.2) is 0 Å². The average Bonchev–Trinajstić information content (AvgIpc) is 3.51. The zero-order valence-electron chi connectivity index (χ0n) is 25.0. The van der Waals surface area contributed by atoms with Crippen LogP contribution in [0, 0.1) is 0 Å². The molecule has 0 radical (unpaired) electrons. The Morgan fingerprint density at radius 3 is 1.63 bits per heavy atom. The maximum Gasteiger partial charge on any atom is 0.421 e. The molecule has 0 saturated heterocycles. The minimum atomic E-state index is -0.0805. The van der Waals surface area contributed by atoms with Crippen LogP contribution in [0.4, 0.5) is 22.7 Å². The number of fused-ring (bicyclic) bond motifs is 7. The highest BCUT2D eigenvalue weighted by atomic mass is 16.3. The van der Waals surface area contributed by atoms with E-state index in [0.717, 1.165) is 44.4 Å². The Balaban J connectivity index is 1.19. The smallest absolute Gasteiger partial charge is 0.421 e. The summed E-state index contributed by atoms with van der Waals surface area (Å²) in [6, 6.07) is 59.0. The number of anilines is 4. The van der Waals surface area contributed by atoms with Crippen molar-refractivity contribution in [2.24, 2.45) is 0 Å². The van der Waals surface area contributed by atoms with Crippen LogP contribution in [-0.4, -0.2) is 6.98 Å². The topological polar surface area (TPSA) is 19.6 Å². The molecular formula is C42H27BN2O. The Kier molecular flexibility index (Phi) is 5.37. The van der Waals surface area contributed by atoms with E-state index in [0.29, 0.717) is 0 Å². The van der Waals surface area contributed by atoms with Gasteiger partial charge in [-0.15, -0.1) is 0 Å². The molecule has 214 valence electrons. The molecule has 0 atom stereocenters. The third-order valence-electron chi connectivity index (χ3n) is 9.66. The molecule has 4 heteroatoms. The van der Waals surface area contributed by atoms with Gasteiger partial charge in [0.15, 0.2) is 0 Å². The van der Waals surface area contributed by atoms with E-state index in [2.05, 4.69) is 161 Å². The van der Waals surface area contributed by atoms with Gasteiger partial charge in [0.25, 0.3) is 0 Å². The van der Waals surface area contributed by atoms with Crippen molar-refractivity contribution in [2.45, 2.75) is 0 Å². The normalized spacial score (nSPS) is 13.1. The van der Waals surface area contributed by atoms with Crippen LogP contribution in [0.5, 0.6) is 0 Å². The zero-order chi connectivity index (χ0) is 30.2. The highest BCUT2D eigenvalue weighted by molar-refractivity contribution is 6.86. The second-order valence-corrected chi connectivity index (χ2v) is 12.1. The van der Waals surface area contributed by atoms with Crippen molar-refractivity contribution in [3.8, 4) is 33.4 Å². The largest absolute Gasteiger partial charge is 0.455 e. The van der Waals surface area contributed by atoms with E-state index >= 15 is 0 Å². The van der Waals surface area contributed by atoms with Crippen LogP contribution in [-0.2, 0) is 0 Å². The molecule has 10 rings (SSSR count). The van der Waals surface area contributed by atoms with E-state index in [1.807, 2.05) is 12.1 Å². The number of rotatable bonds is 3. The summed E-state index contributed by atoms with van der Waals surface area (Å²) in [6.07, 6.45) is 0. The quantitative estimate of drug-likeness (QED) is 0.192. The van der Waals surface area contributed by atoms with E-state index in [9.17, 15) is 0 Å². The maximum absolute atomic E-state index is 6.40. The molecular weight excluding hydrogens is 559 g/mol. The first-order valence-electron chi connectivity index (χ1n) is 15.8. The number of hydrogen-bond acceptors (Lipinski definition) is 3. The molecule has 0 bridgehead atoms. The molecule has 2 aliphatic heterocycles. The second kappa shape index (κ2) is 9.75. The average molecular weight is 587 g/mol. The lowest BCUT2D eigenvalue weighted by Crippen LogP contribution is -2.61. The number of furan rings is 1. The third kappa shape index (κ3) is 3.55. The fraction of sp³-hybridized carbons (Fsp3) is 0. The van der Waals surface area contributed by atoms with Crippen LogP contribution < -0.4 is 15.1 Å². The molecule has 8 aromatic rings. The van der Waals surface area contributed by atoms with E-state index < -0.39 is 0 Å². The molecule has 46 heavy (non-hydrogen) atoms. The standard InChI is InChI=1S/C42H27BN2O/c1-2-12-29(13-3-1)44-38-21-7-4-14-32(38)35-18-11-19-36-33-15-5-8-22-39(33)45(43(44)41(35)36)30-26-24-28(25-27-30)31-17-10-20-37-34-16-6-9-23-40(34)46-42(31)37/h1-27H. The van der Waals surface area contributed by atoms with Gasteiger partial charge in [0.05, 0.1) is 0 Å². The van der Waals surface area contributed by atoms with Gasteiger partial charge >= 0.3 is 6.98 Å². The van der Waals surface area contributed by atoms with Gasteiger partial charge in [0.2, 0.25) is 0 Å². The van der Waals surface area contributed by atoms with E-state index in [1.54, 1.807) is 0 Å². The van der Waals surface area contributed by atoms with Crippen LogP contribution in [0.15, 0.2) is 168 Å². The van der Waals surface area contributed by atoms with Gasteiger partial charge in [-0.2, -0.15) is 0 Å². The second-order valence-electron chi connectivity index (χ2n) is 12.1. The molecule has 0 unspecified atom stereocenters. The molecule has 3 nitrogen and oxygen atoms in total. The van der Waals surface area contributed by atoms with E-state index in [-0.39, 0.29) is 6.98 Å². The summed E-state index contributed by atoms with van der Waals surface area (Å²) in [6.45, 7) is -0.0805. The molecule has 3 heterocycles. The van der Waals surface area contributed by atoms with Crippen LogP contribution in [0.25, 0.3) is 55.3 Å². The van der Waals surface area contributed by atoms with Gasteiger partial charge in [0, 0.05) is 50.2 Å². The first kappa shape index (κ1) is 25.3. The Bertz CT molecular complexity index is 2430. The zero-order valence-corrected chi connectivity index (χ0v) is 25.0. The fourth-order valence-electron chi connectivity index (χ4n) is 7.70. The Labute approximate surface area is 267 Å². The highest BCUT2D eigenvalue weighted by Crippen LogP contribution is 2.49. The molecule has 0 N–H and O–H groups in total. The summed E-state index contributed by atoms with van der Waals surface area (Å²) in [5.74, 6) is 0. The highest BCUT2D eigenvalue weighted by Gasteiger charge is 2.46. The number of benzene rings is 7. The number of para-hydroxylation sites is 5. The lowest BCUT2D eigenvalue weighted by molar-refractivity contribution is 0.670. The predicted molar refractivity (Wildman–Crippen MR) is 193 cm³/mol. The Morgan fingerprint density at radius 2 is 0.913 bits per heavy atom. The molecule has 0 saturated carbocycles. The fourth-order valence-corrected chi connectivity index (χ4v) is 7.70. The summed E-state index contributed by atoms with van der Waals surface area (Å²) >= 11 is 0. The summed E-state index contributed by atoms with van der Waals surface area (Å²) in [5.41, 5.74) is 15.2. The maximum atomic E-state index is 6.40. The van der Waals surface area contributed by atoms with Gasteiger partial charge in [-0.1, -0.05) is 121 Å². The number of hydrogen-bond donors (Lipinski definition) is 0. The van der Waals surface area contributed by atoms with E-state index in [4.69, 9.17) is 4.42 Å². The monoisotopic (exact) mass is 586 g/mol. The summed E-state index contributed by atoms with van der Waals surface area (Å²) in [4.78, 5) is 5.04. The van der Waals surface area contributed by atoms with Crippen molar-refractivity contribution in [3.05, 3.63) is 164 Å². The number of nitrogens with zero attached hydrogens (tertiary/aromatic N) is 2. The molecule has 0 fully saturated rings. The van der Waals surface area contributed by atoms with Crippen molar-refractivity contribution in [2.75, 3.05) is 9.62 Å². The summed E-state index contributed by atoms with van der Waals surface area (Å²) < 4.78 is 6.40. The first-order chi connectivity index (χ1) is 22.8. The molecule has 1 aromatic heterocycles. The molecule has 0 spiro atoms. The Morgan fingerprint density at radius 1 is 0.391 bits per heavy atom. The van der Waals surface area contributed by atoms with Gasteiger partial charge in [-0.3, -0.25) is 0 Å².